The fraction of sp³-hybridized carbons (Fsp3) is 0.545. The maximum atomic E-state index is 12.7. The van der Waals surface area contributed by atoms with Gasteiger partial charge in [0, 0.05) is 42.7 Å². The van der Waals surface area contributed by atoms with Gasteiger partial charge in [-0.05, 0) is 49.1 Å². The van der Waals surface area contributed by atoms with E-state index < -0.39 is 0 Å². The first kappa shape index (κ1) is 18.8. The number of rotatable bonds is 4. The summed E-state index contributed by atoms with van der Waals surface area (Å²) < 4.78 is 0. The van der Waals surface area contributed by atoms with Crippen LogP contribution < -0.4 is 5.32 Å². The molecule has 1 aliphatic carbocycles. The molecule has 2 atom stereocenters. The molecule has 6 heteroatoms. The van der Waals surface area contributed by atoms with Crippen LogP contribution in [0.15, 0.2) is 29.3 Å². The molecule has 2 N–H and O–H groups in total. The number of nitrogens with zero attached hydrogens (tertiary/aromatic N) is 2. The Morgan fingerprint density at radius 3 is 2.93 bits per heavy atom. The number of para-hydroxylation sites is 1. The van der Waals surface area contributed by atoms with E-state index in [1.54, 1.807) is 6.08 Å². The lowest BCUT2D eigenvalue weighted by molar-refractivity contribution is 0.193. The highest BCUT2D eigenvalue weighted by Gasteiger charge is 2.24. The molecule has 148 valence electrons. The summed E-state index contributed by atoms with van der Waals surface area (Å²) in [6.45, 7) is 2.78. The highest BCUT2D eigenvalue weighted by molar-refractivity contribution is 5.85. The predicted octanol–water partition coefficient (Wildman–Crippen LogP) is 3.42. The minimum absolute atomic E-state index is 0.0440. The number of urea groups is 1. The number of isocyanates is 1. The summed E-state index contributed by atoms with van der Waals surface area (Å²) in [6.07, 6.45) is 7.83. The molecule has 28 heavy (non-hydrogen) atoms. The van der Waals surface area contributed by atoms with Gasteiger partial charge in [-0.25, -0.2) is 14.6 Å². The van der Waals surface area contributed by atoms with Crippen molar-refractivity contribution in [2.24, 2.45) is 16.8 Å². The molecule has 0 saturated heterocycles. The van der Waals surface area contributed by atoms with Gasteiger partial charge in [-0.1, -0.05) is 24.6 Å². The zero-order valence-electron chi connectivity index (χ0n) is 16.2. The van der Waals surface area contributed by atoms with E-state index in [4.69, 9.17) is 0 Å². The van der Waals surface area contributed by atoms with Gasteiger partial charge in [-0.2, -0.15) is 0 Å². The summed E-state index contributed by atoms with van der Waals surface area (Å²) in [5, 5.41) is 4.43. The first-order valence-electron chi connectivity index (χ1n) is 10.4. The SMILES string of the molecule is O=C=NCC1CCCC(CNC(=O)N2CCc3[nH]c4ccccc4c3CC2)C1. The number of H-pyrrole nitrogens is 1. The summed E-state index contributed by atoms with van der Waals surface area (Å²) in [5.74, 6) is 0.932. The maximum Gasteiger partial charge on any atom is 0.317 e. The molecule has 1 saturated carbocycles. The summed E-state index contributed by atoms with van der Waals surface area (Å²) in [4.78, 5) is 32.3. The molecule has 1 aliphatic heterocycles. The van der Waals surface area contributed by atoms with Crippen LogP contribution >= 0.6 is 0 Å². The van der Waals surface area contributed by atoms with Crippen LogP contribution in [0.2, 0.25) is 0 Å². The van der Waals surface area contributed by atoms with Crippen molar-refractivity contribution in [2.75, 3.05) is 26.2 Å². The second kappa shape index (κ2) is 8.61. The number of aromatic nitrogens is 1. The van der Waals surface area contributed by atoms with E-state index in [1.807, 2.05) is 4.90 Å². The number of hydrogen-bond donors (Lipinski definition) is 2. The Morgan fingerprint density at radius 2 is 2.04 bits per heavy atom. The maximum absolute atomic E-state index is 12.7. The van der Waals surface area contributed by atoms with Crippen LogP contribution in [0.1, 0.15) is 36.9 Å². The molecule has 0 spiro atoms. The quantitative estimate of drug-likeness (QED) is 0.630. The van der Waals surface area contributed by atoms with Gasteiger partial charge in [0.1, 0.15) is 0 Å². The van der Waals surface area contributed by atoms with Crippen molar-refractivity contribution >= 4 is 23.0 Å². The first-order valence-corrected chi connectivity index (χ1v) is 10.4. The zero-order valence-corrected chi connectivity index (χ0v) is 16.2. The summed E-state index contributed by atoms with van der Waals surface area (Å²) in [5.41, 5.74) is 3.82. The first-order chi connectivity index (χ1) is 13.7. The zero-order chi connectivity index (χ0) is 19.3. The molecule has 6 nitrogen and oxygen atoms in total. The Kier molecular flexibility index (Phi) is 5.77. The number of carbonyl (C=O) groups is 1. The molecule has 1 aromatic heterocycles. The monoisotopic (exact) mass is 380 g/mol. The minimum atomic E-state index is 0.0440. The number of benzene rings is 1. The molecular weight excluding hydrogens is 352 g/mol. The van der Waals surface area contributed by atoms with Crippen molar-refractivity contribution in [1.29, 1.82) is 0 Å². The molecule has 2 aromatic rings. The van der Waals surface area contributed by atoms with Crippen molar-refractivity contribution in [3.05, 3.63) is 35.5 Å². The van der Waals surface area contributed by atoms with E-state index in [-0.39, 0.29) is 6.03 Å². The van der Waals surface area contributed by atoms with Crippen LogP contribution in [-0.2, 0) is 17.6 Å². The molecular formula is C22H28N4O2. The lowest BCUT2D eigenvalue weighted by Crippen LogP contribution is -2.43. The van der Waals surface area contributed by atoms with E-state index in [1.165, 1.54) is 22.2 Å². The fourth-order valence-corrected chi connectivity index (χ4v) is 4.83. The lowest BCUT2D eigenvalue weighted by Gasteiger charge is -2.29. The number of aromatic amines is 1. The normalized spacial score (nSPS) is 22.2. The van der Waals surface area contributed by atoms with E-state index in [0.717, 1.165) is 51.6 Å². The minimum Gasteiger partial charge on any atom is -0.358 e. The molecule has 1 aromatic carbocycles. The van der Waals surface area contributed by atoms with Crippen LogP contribution in [-0.4, -0.2) is 48.2 Å². The van der Waals surface area contributed by atoms with Crippen LogP contribution in [0.25, 0.3) is 10.9 Å². The van der Waals surface area contributed by atoms with Crippen LogP contribution in [0.5, 0.6) is 0 Å². The molecule has 2 unspecified atom stereocenters. The average molecular weight is 380 g/mol. The van der Waals surface area contributed by atoms with Gasteiger partial charge in [-0.15, -0.1) is 0 Å². The Labute approximate surface area is 165 Å². The molecule has 2 aliphatic rings. The highest BCUT2D eigenvalue weighted by Crippen LogP contribution is 2.29. The lowest BCUT2D eigenvalue weighted by atomic mass is 9.81. The van der Waals surface area contributed by atoms with Gasteiger partial charge in [0.25, 0.3) is 0 Å². The molecule has 4 rings (SSSR count). The van der Waals surface area contributed by atoms with Crippen molar-refractivity contribution in [2.45, 2.75) is 38.5 Å². The standard InChI is InChI=1S/C22H28N4O2/c27-15-23-13-16-4-3-5-17(12-16)14-24-22(28)26-10-8-19-18-6-1-2-7-20(18)25-21(19)9-11-26/h1-2,6-7,16-17,25H,3-5,8-14H2,(H,24,28). The summed E-state index contributed by atoms with van der Waals surface area (Å²) in [7, 11) is 0. The number of nitrogens with one attached hydrogen (secondary N) is 2. The smallest absolute Gasteiger partial charge is 0.317 e. The highest BCUT2D eigenvalue weighted by atomic mass is 16.2. The number of hydrogen-bond acceptors (Lipinski definition) is 3. The summed E-state index contributed by atoms with van der Waals surface area (Å²) >= 11 is 0. The second-order valence-corrected chi connectivity index (χ2v) is 8.13. The number of fused-ring (bicyclic) bond motifs is 3. The van der Waals surface area contributed by atoms with Crippen LogP contribution in [0.4, 0.5) is 4.79 Å². The Morgan fingerprint density at radius 1 is 1.21 bits per heavy atom. The van der Waals surface area contributed by atoms with Crippen molar-refractivity contribution in [3.63, 3.8) is 0 Å². The van der Waals surface area contributed by atoms with Crippen molar-refractivity contribution in [1.82, 2.24) is 15.2 Å². The van der Waals surface area contributed by atoms with Crippen molar-refractivity contribution < 1.29 is 9.59 Å². The molecule has 0 bridgehead atoms. The van der Waals surface area contributed by atoms with Gasteiger partial charge < -0.3 is 15.2 Å². The number of carbonyl (C=O) groups excluding carboxylic acids is 2. The van der Waals surface area contributed by atoms with E-state index >= 15 is 0 Å². The van der Waals surface area contributed by atoms with Crippen molar-refractivity contribution in [3.8, 4) is 0 Å². The average Bonchev–Trinajstić information content (AvgIpc) is 2.95. The molecule has 0 radical (unpaired) electrons. The van der Waals surface area contributed by atoms with Crippen LogP contribution in [0, 0.1) is 11.8 Å². The predicted molar refractivity (Wildman–Crippen MR) is 109 cm³/mol. The van der Waals surface area contributed by atoms with E-state index in [0.29, 0.717) is 24.9 Å². The molecule has 2 amide bonds. The Hall–Kier alpha value is -2.59. The van der Waals surface area contributed by atoms with Gasteiger partial charge in [0.05, 0.1) is 6.54 Å². The van der Waals surface area contributed by atoms with Gasteiger partial charge in [0.2, 0.25) is 6.08 Å². The Balaban J connectivity index is 1.30. The van der Waals surface area contributed by atoms with E-state index in [2.05, 4.69) is 39.6 Å². The largest absolute Gasteiger partial charge is 0.358 e. The fourth-order valence-electron chi connectivity index (χ4n) is 4.83. The number of aliphatic imine (C=N–C) groups is 1. The number of amides is 2. The van der Waals surface area contributed by atoms with Gasteiger partial charge >= 0.3 is 6.03 Å². The topological polar surface area (TPSA) is 77.6 Å². The van der Waals surface area contributed by atoms with Gasteiger partial charge in [-0.3, -0.25) is 0 Å². The third-order valence-corrected chi connectivity index (χ3v) is 6.30. The second-order valence-electron chi connectivity index (χ2n) is 8.13. The third kappa shape index (κ3) is 4.12. The summed E-state index contributed by atoms with van der Waals surface area (Å²) in [6, 6.07) is 8.45. The van der Waals surface area contributed by atoms with Gasteiger partial charge in [0.15, 0.2) is 0 Å². The third-order valence-electron chi connectivity index (χ3n) is 6.30. The van der Waals surface area contributed by atoms with Crippen LogP contribution in [0.3, 0.4) is 0 Å². The molecule has 2 heterocycles. The Bertz CT molecular complexity index is 884. The molecule has 1 fully saturated rings. The van der Waals surface area contributed by atoms with E-state index in [9.17, 15) is 9.59 Å².